The fourth-order valence-electron chi connectivity index (χ4n) is 1.63. The minimum atomic E-state index is -2.85. The van der Waals surface area contributed by atoms with Crippen LogP contribution in [-0.4, -0.2) is 57.5 Å². The molecule has 1 rings (SSSR count). The van der Waals surface area contributed by atoms with Crippen LogP contribution in [-0.2, 0) is 9.84 Å². The second-order valence-electron chi connectivity index (χ2n) is 3.78. The van der Waals surface area contributed by atoms with Crippen molar-refractivity contribution in [3.8, 4) is 6.07 Å². The summed E-state index contributed by atoms with van der Waals surface area (Å²) < 4.78 is 22.7. The fraction of sp³-hybridized carbons (Fsp3) is 0.889. The molecule has 0 saturated carbocycles. The maximum atomic E-state index is 11.3. The first-order valence-corrected chi connectivity index (χ1v) is 6.89. The topological polar surface area (TPSA) is 73.2 Å². The summed E-state index contributed by atoms with van der Waals surface area (Å²) in [6.07, 6.45) is 0.671. The molecule has 6 heteroatoms. The Morgan fingerprint density at radius 3 is 2.80 bits per heavy atom. The van der Waals surface area contributed by atoms with Crippen LogP contribution in [0.25, 0.3) is 0 Å². The van der Waals surface area contributed by atoms with Crippen LogP contribution in [0.2, 0.25) is 0 Å². The summed E-state index contributed by atoms with van der Waals surface area (Å²) in [7, 11) is -1.11. The van der Waals surface area contributed by atoms with Gasteiger partial charge in [0.05, 0.1) is 17.6 Å². The maximum absolute atomic E-state index is 11.3. The van der Waals surface area contributed by atoms with Crippen molar-refractivity contribution in [2.45, 2.75) is 12.5 Å². The van der Waals surface area contributed by atoms with Gasteiger partial charge in [-0.1, -0.05) is 0 Å². The van der Waals surface area contributed by atoms with Crippen LogP contribution >= 0.6 is 0 Å². The second-order valence-corrected chi connectivity index (χ2v) is 6.08. The molecule has 0 aromatic heterocycles. The first-order chi connectivity index (χ1) is 7.07. The van der Waals surface area contributed by atoms with Crippen LogP contribution < -0.4 is 5.32 Å². The standard InChI is InChI=1S/C9H17N3O2S/c1-11-9(7-10)8-12-3-2-5-15(13,14)6-4-12/h9,11H,2-6,8H2,1H3. The molecule has 15 heavy (non-hydrogen) atoms. The molecule has 0 bridgehead atoms. The number of sulfone groups is 1. The summed E-state index contributed by atoms with van der Waals surface area (Å²) in [4.78, 5) is 2.04. The van der Waals surface area contributed by atoms with E-state index in [4.69, 9.17) is 5.26 Å². The number of rotatable bonds is 3. The molecule has 1 heterocycles. The van der Waals surface area contributed by atoms with E-state index in [2.05, 4.69) is 11.4 Å². The molecule has 1 N–H and O–H groups in total. The van der Waals surface area contributed by atoms with Crippen molar-refractivity contribution in [2.24, 2.45) is 0 Å². The number of nitriles is 1. The van der Waals surface area contributed by atoms with Gasteiger partial charge in [0.2, 0.25) is 0 Å². The zero-order valence-corrected chi connectivity index (χ0v) is 9.76. The molecule has 1 aliphatic heterocycles. The quantitative estimate of drug-likeness (QED) is 0.689. The Balaban J connectivity index is 2.48. The minimum absolute atomic E-state index is 0.217. The monoisotopic (exact) mass is 231 g/mol. The van der Waals surface area contributed by atoms with Crippen molar-refractivity contribution in [1.82, 2.24) is 10.2 Å². The molecular weight excluding hydrogens is 214 g/mol. The van der Waals surface area contributed by atoms with Gasteiger partial charge in [-0.3, -0.25) is 4.90 Å². The Morgan fingerprint density at radius 2 is 2.20 bits per heavy atom. The lowest BCUT2D eigenvalue weighted by Gasteiger charge is -2.21. The zero-order valence-electron chi connectivity index (χ0n) is 8.94. The van der Waals surface area contributed by atoms with E-state index < -0.39 is 9.84 Å². The van der Waals surface area contributed by atoms with Crippen molar-refractivity contribution in [3.05, 3.63) is 0 Å². The number of likely N-dealkylation sites (N-methyl/N-ethyl adjacent to an activating group) is 1. The van der Waals surface area contributed by atoms with Gasteiger partial charge in [0.25, 0.3) is 0 Å². The van der Waals surface area contributed by atoms with Crippen LogP contribution in [0.1, 0.15) is 6.42 Å². The van der Waals surface area contributed by atoms with E-state index >= 15 is 0 Å². The van der Waals surface area contributed by atoms with Gasteiger partial charge in [0, 0.05) is 13.1 Å². The van der Waals surface area contributed by atoms with Gasteiger partial charge in [0.15, 0.2) is 9.84 Å². The Kier molecular flexibility index (Phi) is 4.51. The van der Waals surface area contributed by atoms with Gasteiger partial charge < -0.3 is 5.32 Å². The average molecular weight is 231 g/mol. The third-order valence-electron chi connectivity index (χ3n) is 2.59. The SMILES string of the molecule is CNC(C#N)CN1CCCS(=O)(=O)CC1. The summed E-state index contributed by atoms with van der Waals surface area (Å²) in [5, 5.41) is 11.7. The predicted molar refractivity (Wildman–Crippen MR) is 58.2 cm³/mol. The van der Waals surface area contributed by atoms with Gasteiger partial charge >= 0.3 is 0 Å². The molecule has 0 amide bonds. The van der Waals surface area contributed by atoms with Crippen molar-refractivity contribution >= 4 is 9.84 Å². The Morgan fingerprint density at radius 1 is 1.47 bits per heavy atom. The molecule has 5 nitrogen and oxygen atoms in total. The summed E-state index contributed by atoms with van der Waals surface area (Å²) >= 11 is 0. The molecular formula is C9H17N3O2S. The molecule has 1 aliphatic rings. The summed E-state index contributed by atoms with van der Waals surface area (Å²) in [6.45, 7) is 1.91. The Bertz CT molecular complexity index is 334. The van der Waals surface area contributed by atoms with E-state index in [1.165, 1.54) is 0 Å². The highest BCUT2D eigenvalue weighted by Crippen LogP contribution is 2.05. The first kappa shape index (κ1) is 12.4. The van der Waals surface area contributed by atoms with Crippen LogP contribution in [0, 0.1) is 11.3 Å². The molecule has 1 fully saturated rings. The van der Waals surface area contributed by atoms with Crippen molar-refractivity contribution in [1.29, 1.82) is 5.26 Å². The average Bonchev–Trinajstić information content (AvgIpc) is 2.36. The number of hydrogen-bond acceptors (Lipinski definition) is 5. The van der Waals surface area contributed by atoms with Crippen LogP contribution in [0.4, 0.5) is 0 Å². The maximum Gasteiger partial charge on any atom is 0.151 e. The van der Waals surface area contributed by atoms with Crippen LogP contribution in [0.5, 0.6) is 0 Å². The van der Waals surface area contributed by atoms with Gasteiger partial charge in [-0.15, -0.1) is 0 Å². The number of nitrogens with one attached hydrogen (secondary N) is 1. The molecule has 86 valence electrons. The third-order valence-corrected chi connectivity index (χ3v) is 4.31. The smallest absolute Gasteiger partial charge is 0.151 e. The Labute approximate surface area is 91.0 Å². The Hall–Kier alpha value is -0.640. The third kappa shape index (κ3) is 4.16. The van der Waals surface area contributed by atoms with E-state index in [0.717, 1.165) is 6.54 Å². The van der Waals surface area contributed by atoms with Crippen molar-refractivity contribution < 1.29 is 8.42 Å². The normalized spacial score (nSPS) is 24.0. The molecule has 1 atom stereocenters. The van der Waals surface area contributed by atoms with Gasteiger partial charge in [-0.2, -0.15) is 5.26 Å². The van der Waals surface area contributed by atoms with Gasteiger partial charge in [-0.25, -0.2) is 8.42 Å². The van der Waals surface area contributed by atoms with E-state index in [1.54, 1.807) is 7.05 Å². The molecule has 0 aromatic rings. The molecule has 0 aromatic carbocycles. The number of hydrogen-bond donors (Lipinski definition) is 1. The van der Waals surface area contributed by atoms with Crippen LogP contribution in [0.15, 0.2) is 0 Å². The second kappa shape index (κ2) is 5.45. The summed E-state index contributed by atoms with van der Waals surface area (Å²) in [6, 6.07) is 1.92. The first-order valence-electron chi connectivity index (χ1n) is 5.07. The van der Waals surface area contributed by atoms with E-state index in [1.807, 2.05) is 4.90 Å². The van der Waals surface area contributed by atoms with E-state index in [9.17, 15) is 8.42 Å². The van der Waals surface area contributed by atoms with Gasteiger partial charge in [-0.05, 0) is 20.0 Å². The summed E-state index contributed by atoms with van der Waals surface area (Å²) in [5.74, 6) is 0.495. The lowest BCUT2D eigenvalue weighted by Crippen LogP contribution is -2.39. The highest BCUT2D eigenvalue weighted by atomic mass is 32.2. The fourth-order valence-corrected chi connectivity index (χ4v) is 2.94. The highest BCUT2D eigenvalue weighted by Gasteiger charge is 2.20. The van der Waals surface area contributed by atoms with Crippen molar-refractivity contribution in [3.63, 3.8) is 0 Å². The van der Waals surface area contributed by atoms with Crippen molar-refractivity contribution in [2.75, 3.05) is 38.2 Å². The molecule has 0 aliphatic carbocycles. The summed E-state index contributed by atoms with van der Waals surface area (Å²) in [5.41, 5.74) is 0. The lowest BCUT2D eigenvalue weighted by atomic mass is 10.3. The molecule has 0 radical (unpaired) electrons. The zero-order chi connectivity index (χ0) is 11.3. The van der Waals surface area contributed by atoms with E-state index in [0.29, 0.717) is 19.5 Å². The van der Waals surface area contributed by atoms with E-state index in [-0.39, 0.29) is 17.5 Å². The number of nitrogens with zero attached hydrogens (tertiary/aromatic N) is 2. The lowest BCUT2D eigenvalue weighted by molar-refractivity contribution is 0.280. The highest BCUT2D eigenvalue weighted by molar-refractivity contribution is 7.91. The van der Waals surface area contributed by atoms with Crippen LogP contribution in [0.3, 0.4) is 0 Å². The predicted octanol–water partition coefficient (Wildman–Crippen LogP) is -0.782. The van der Waals surface area contributed by atoms with Gasteiger partial charge in [0.1, 0.15) is 6.04 Å². The molecule has 1 unspecified atom stereocenters. The molecule has 1 saturated heterocycles. The largest absolute Gasteiger partial charge is 0.304 e. The minimum Gasteiger partial charge on any atom is -0.304 e. The molecule has 0 spiro atoms.